The molecule has 0 fully saturated rings. The minimum atomic E-state index is 0.250. The fourth-order valence-electron chi connectivity index (χ4n) is 2.15. The van der Waals surface area contributed by atoms with Gasteiger partial charge in [-0.3, -0.25) is 0 Å². The molecule has 0 aliphatic rings. The van der Waals surface area contributed by atoms with E-state index < -0.39 is 0 Å². The average molecular weight is 320 g/mol. The van der Waals surface area contributed by atoms with Crippen molar-refractivity contribution in [1.82, 2.24) is 5.32 Å². The van der Waals surface area contributed by atoms with Gasteiger partial charge >= 0.3 is 0 Å². The first kappa shape index (κ1) is 14.1. The lowest BCUT2D eigenvalue weighted by atomic mass is 10.0. The molecular weight excluding hydrogens is 302 g/mol. The van der Waals surface area contributed by atoms with E-state index in [9.17, 15) is 5.11 Å². The van der Waals surface area contributed by atoms with Crippen molar-refractivity contribution < 1.29 is 5.11 Å². The standard InChI is InChI=1S/C16H18BrNO/c1-11-6-3-4-8-14(11)12(2)18-10-13-7-5-9-15(17)16(13)19/h3-9,12,18-19H,10H2,1-2H3/t12-/m0/s1. The number of rotatable bonds is 4. The first-order valence-corrected chi connectivity index (χ1v) is 7.14. The van der Waals surface area contributed by atoms with Crippen LogP contribution >= 0.6 is 15.9 Å². The summed E-state index contributed by atoms with van der Waals surface area (Å²) in [6.07, 6.45) is 0. The molecule has 0 amide bonds. The van der Waals surface area contributed by atoms with Crippen molar-refractivity contribution in [1.29, 1.82) is 0 Å². The van der Waals surface area contributed by atoms with Crippen LogP contribution in [0.15, 0.2) is 46.9 Å². The van der Waals surface area contributed by atoms with Crippen LogP contribution in [0.5, 0.6) is 5.75 Å². The van der Waals surface area contributed by atoms with Crippen LogP contribution in [0.2, 0.25) is 0 Å². The van der Waals surface area contributed by atoms with Gasteiger partial charge < -0.3 is 10.4 Å². The smallest absolute Gasteiger partial charge is 0.134 e. The van der Waals surface area contributed by atoms with E-state index in [1.807, 2.05) is 24.3 Å². The van der Waals surface area contributed by atoms with Gasteiger partial charge in [0.1, 0.15) is 5.75 Å². The molecule has 0 radical (unpaired) electrons. The lowest BCUT2D eigenvalue weighted by Crippen LogP contribution is -2.18. The van der Waals surface area contributed by atoms with Crippen LogP contribution in [0, 0.1) is 6.92 Å². The molecule has 0 saturated carbocycles. The molecule has 2 N–H and O–H groups in total. The van der Waals surface area contributed by atoms with E-state index in [1.54, 1.807) is 0 Å². The number of para-hydroxylation sites is 1. The molecule has 0 unspecified atom stereocenters. The Balaban J connectivity index is 2.07. The van der Waals surface area contributed by atoms with Gasteiger partial charge in [0.25, 0.3) is 0 Å². The number of benzene rings is 2. The summed E-state index contributed by atoms with van der Waals surface area (Å²) >= 11 is 3.33. The molecule has 2 aromatic carbocycles. The first-order valence-electron chi connectivity index (χ1n) is 6.35. The van der Waals surface area contributed by atoms with Crippen molar-refractivity contribution >= 4 is 15.9 Å². The highest BCUT2D eigenvalue weighted by atomic mass is 79.9. The highest BCUT2D eigenvalue weighted by Gasteiger charge is 2.09. The second-order valence-electron chi connectivity index (χ2n) is 4.71. The Morgan fingerprint density at radius 2 is 1.89 bits per heavy atom. The van der Waals surface area contributed by atoms with E-state index in [4.69, 9.17) is 0 Å². The number of aryl methyl sites for hydroxylation is 1. The third kappa shape index (κ3) is 3.37. The summed E-state index contributed by atoms with van der Waals surface area (Å²) in [7, 11) is 0. The van der Waals surface area contributed by atoms with Crippen LogP contribution in [0.25, 0.3) is 0 Å². The van der Waals surface area contributed by atoms with E-state index in [0.717, 1.165) is 10.0 Å². The molecule has 2 aromatic rings. The summed E-state index contributed by atoms with van der Waals surface area (Å²) in [6.45, 7) is 4.89. The van der Waals surface area contributed by atoms with E-state index >= 15 is 0 Å². The van der Waals surface area contributed by atoms with Crippen molar-refractivity contribution in [3.8, 4) is 5.75 Å². The molecule has 0 spiro atoms. The van der Waals surface area contributed by atoms with Crippen LogP contribution in [0.4, 0.5) is 0 Å². The molecule has 19 heavy (non-hydrogen) atoms. The van der Waals surface area contributed by atoms with E-state index in [-0.39, 0.29) is 6.04 Å². The highest BCUT2D eigenvalue weighted by molar-refractivity contribution is 9.10. The van der Waals surface area contributed by atoms with Gasteiger partial charge in [-0.2, -0.15) is 0 Å². The van der Waals surface area contributed by atoms with Gasteiger partial charge in [0.15, 0.2) is 0 Å². The van der Waals surface area contributed by atoms with Crippen molar-refractivity contribution in [3.05, 3.63) is 63.6 Å². The number of hydrogen-bond acceptors (Lipinski definition) is 2. The zero-order chi connectivity index (χ0) is 13.8. The van der Waals surface area contributed by atoms with E-state index in [1.165, 1.54) is 11.1 Å². The Hall–Kier alpha value is -1.32. The maximum absolute atomic E-state index is 9.95. The molecule has 0 aliphatic carbocycles. The van der Waals surface area contributed by atoms with Gasteiger partial charge in [0.05, 0.1) is 4.47 Å². The second-order valence-corrected chi connectivity index (χ2v) is 5.56. The van der Waals surface area contributed by atoms with Crippen LogP contribution in [0.1, 0.15) is 29.7 Å². The number of nitrogens with one attached hydrogen (secondary N) is 1. The summed E-state index contributed by atoms with van der Waals surface area (Å²) in [5, 5.41) is 13.4. The van der Waals surface area contributed by atoms with Crippen LogP contribution in [-0.2, 0) is 6.54 Å². The first-order chi connectivity index (χ1) is 9.09. The topological polar surface area (TPSA) is 32.3 Å². The number of phenols is 1. The summed E-state index contributed by atoms with van der Waals surface area (Å²) in [5.41, 5.74) is 3.47. The molecule has 0 aromatic heterocycles. The van der Waals surface area contributed by atoms with Crippen molar-refractivity contribution in [3.63, 3.8) is 0 Å². The molecule has 0 bridgehead atoms. The molecule has 3 heteroatoms. The minimum Gasteiger partial charge on any atom is -0.506 e. The molecule has 0 heterocycles. The monoisotopic (exact) mass is 319 g/mol. The Bertz CT molecular complexity index is 568. The molecule has 100 valence electrons. The van der Waals surface area contributed by atoms with Crippen molar-refractivity contribution in [2.45, 2.75) is 26.4 Å². The molecule has 2 nitrogen and oxygen atoms in total. The molecule has 1 atom stereocenters. The van der Waals surface area contributed by atoms with Crippen LogP contribution in [-0.4, -0.2) is 5.11 Å². The van der Waals surface area contributed by atoms with Gasteiger partial charge in [0, 0.05) is 18.2 Å². The fourth-order valence-corrected chi connectivity index (χ4v) is 2.56. The summed E-state index contributed by atoms with van der Waals surface area (Å²) in [6, 6.07) is 14.3. The Morgan fingerprint density at radius 1 is 1.16 bits per heavy atom. The number of aromatic hydroxyl groups is 1. The average Bonchev–Trinajstić information content (AvgIpc) is 2.40. The molecule has 0 saturated heterocycles. The van der Waals surface area contributed by atoms with Crippen LogP contribution < -0.4 is 5.32 Å². The zero-order valence-corrected chi connectivity index (χ0v) is 12.7. The minimum absolute atomic E-state index is 0.250. The third-order valence-corrected chi connectivity index (χ3v) is 3.96. The number of halogens is 1. The summed E-state index contributed by atoms with van der Waals surface area (Å²) in [4.78, 5) is 0. The zero-order valence-electron chi connectivity index (χ0n) is 11.2. The van der Waals surface area contributed by atoms with Gasteiger partial charge in [-0.05, 0) is 47.0 Å². The second kappa shape index (κ2) is 6.22. The van der Waals surface area contributed by atoms with Gasteiger partial charge in [0.2, 0.25) is 0 Å². The van der Waals surface area contributed by atoms with Gasteiger partial charge in [-0.25, -0.2) is 0 Å². The summed E-state index contributed by atoms with van der Waals surface area (Å²) < 4.78 is 0.732. The molecule has 0 aliphatic heterocycles. The summed E-state index contributed by atoms with van der Waals surface area (Å²) in [5.74, 6) is 0.312. The Labute approximate surface area is 122 Å². The van der Waals surface area contributed by atoms with E-state index in [0.29, 0.717) is 12.3 Å². The number of hydrogen-bond donors (Lipinski definition) is 2. The van der Waals surface area contributed by atoms with Gasteiger partial charge in [-0.1, -0.05) is 36.4 Å². The quantitative estimate of drug-likeness (QED) is 0.879. The maximum atomic E-state index is 9.95. The molecule has 2 rings (SSSR count). The predicted octanol–water partition coefficient (Wildman–Crippen LogP) is 4.31. The maximum Gasteiger partial charge on any atom is 0.134 e. The fraction of sp³-hybridized carbons (Fsp3) is 0.250. The lowest BCUT2D eigenvalue weighted by Gasteiger charge is -2.17. The lowest BCUT2D eigenvalue weighted by molar-refractivity contribution is 0.457. The SMILES string of the molecule is Cc1ccccc1[C@H](C)NCc1cccc(Br)c1O. The van der Waals surface area contributed by atoms with Crippen molar-refractivity contribution in [2.24, 2.45) is 0 Å². The third-order valence-electron chi connectivity index (χ3n) is 3.32. The Morgan fingerprint density at radius 3 is 2.63 bits per heavy atom. The van der Waals surface area contributed by atoms with E-state index in [2.05, 4.69) is 53.3 Å². The Kier molecular flexibility index (Phi) is 4.61. The molecular formula is C16H18BrNO. The predicted molar refractivity (Wildman–Crippen MR) is 82.2 cm³/mol. The highest BCUT2D eigenvalue weighted by Crippen LogP contribution is 2.28. The normalized spacial score (nSPS) is 12.4. The van der Waals surface area contributed by atoms with Crippen LogP contribution in [0.3, 0.4) is 0 Å². The number of phenolic OH excluding ortho intramolecular Hbond substituents is 1. The largest absolute Gasteiger partial charge is 0.506 e. The van der Waals surface area contributed by atoms with Crippen molar-refractivity contribution in [2.75, 3.05) is 0 Å². The van der Waals surface area contributed by atoms with Gasteiger partial charge in [-0.15, -0.1) is 0 Å².